The van der Waals surface area contributed by atoms with Crippen molar-refractivity contribution in [1.82, 2.24) is 9.88 Å². The molecular formula is C10H12N2O2. The average Bonchev–Trinajstić information content (AvgIpc) is 2.23. The lowest BCUT2D eigenvalue weighted by Crippen LogP contribution is -2.44. The van der Waals surface area contributed by atoms with E-state index >= 15 is 0 Å². The third kappa shape index (κ3) is 1.28. The fourth-order valence-electron chi connectivity index (χ4n) is 1.68. The van der Waals surface area contributed by atoms with Crippen molar-refractivity contribution in [2.45, 2.75) is 12.6 Å². The molecule has 1 aromatic heterocycles. The lowest BCUT2D eigenvalue weighted by Gasteiger charge is -2.32. The van der Waals surface area contributed by atoms with Gasteiger partial charge in [0.05, 0.1) is 5.56 Å². The number of carbonyl (C=O) groups is 1. The average molecular weight is 192 g/mol. The van der Waals surface area contributed by atoms with Gasteiger partial charge in [-0.25, -0.2) is 0 Å². The van der Waals surface area contributed by atoms with Crippen LogP contribution >= 0.6 is 0 Å². The Morgan fingerprint density at radius 3 is 3.14 bits per heavy atom. The van der Waals surface area contributed by atoms with E-state index in [0.29, 0.717) is 5.56 Å². The van der Waals surface area contributed by atoms with Crippen LogP contribution in [0.4, 0.5) is 0 Å². The van der Waals surface area contributed by atoms with Crippen LogP contribution in [0.3, 0.4) is 0 Å². The predicted octanol–water partition coefficient (Wildman–Crippen LogP) is 0.682. The summed E-state index contributed by atoms with van der Waals surface area (Å²) in [5.41, 5.74) is 1.69. The van der Waals surface area contributed by atoms with E-state index in [-0.39, 0.29) is 12.1 Å². The number of nitrogens with zero attached hydrogens (tertiary/aromatic N) is 2. The summed E-state index contributed by atoms with van der Waals surface area (Å²) in [5.74, 6) is -0.0220. The van der Waals surface area contributed by atoms with Gasteiger partial charge >= 0.3 is 0 Å². The van der Waals surface area contributed by atoms with E-state index < -0.39 is 0 Å². The number of hydrogen-bond acceptors (Lipinski definition) is 3. The fourth-order valence-corrected chi connectivity index (χ4v) is 1.68. The van der Waals surface area contributed by atoms with Crippen molar-refractivity contribution in [2.75, 3.05) is 14.2 Å². The predicted molar refractivity (Wildman–Crippen MR) is 50.8 cm³/mol. The van der Waals surface area contributed by atoms with Crippen molar-refractivity contribution in [3.8, 4) is 0 Å². The monoisotopic (exact) mass is 192 g/mol. The molecular weight excluding hydrogens is 180 g/mol. The minimum Gasteiger partial charge on any atom is -0.361 e. The fraction of sp³-hybridized carbons (Fsp3) is 0.400. The molecule has 0 fully saturated rings. The quantitative estimate of drug-likeness (QED) is 0.657. The molecule has 0 N–H and O–H groups in total. The van der Waals surface area contributed by atoms with Crippen LogP contribution in [0.25, 0.3) is 0 Å². The Kier molecular flexibility index (Phi) is 2.21. The van der Waals surface area contributed by atoms with Crippen molar-refractivity contribution in [2.24, 2.45) is 0 Å². The molecule has 1 aromatic rings. The molecule has 4 heteroatoms. The van der Waals surface area contributed by atoms with Gasteiger partial charge in [-0.15, -0.1) is 0 Å². The van der Waals surface area contributed by atoms with E-state index in [0.717, 1.165) is 12.0 Å². The molecule has 74 valence electrons. The highest BCUT2D eigenvalue weighted by Gasteiger charge is 2.29. The third-order valence-electron chi connectivity index (χ3n) is 2.56. The molecule has 4 nitrogen and oxygen atoms in total. The normalized spacial score (nSPS) is 20.9. The number of ether oxygens (including phenoxy) is 1. The number of aromatic nitrogens is 1. The summed E-state index contributed by atoms with van der Waals surface area (Å²) < 4.78 is 5.22. The van der Waals surface area contributed by atoms with E-state index in [9.17, 15) is 4.79 Å². The van der Waals surface area contributed by atoms with Gasteiger partial charge < -0.3 is 9.64 Å². The number of methoxy groups -OCH3 is 1. The standard InChI is InChI=1S/C10H12N2O2/c1-12-9(14-2)5-7-3-4-11-6-8(7)10(12)13/h3-4,6,9H,5H2,1-2H3. The molecule has 0 spiro atoms. The molecule has 0 radical (unpaired) electrons. The molecule has 1 atom stereocenters. The maximum Gasteiger partial charge on any atom is 0.257 e. The Morgan fingerprint density at radius 2 is 2.43 bits per heavy atom. The molecule has 2 heterocycles. The van der Waals surface area contributed by atoms with Gasteiger partial charge in [0.25, 0.3) is 5.91 Å². The highest BCUT2D eigenvalue weighted by atomic mass is 16.5. The highest BCUT2D eigenvalue weighted by Crippen LogP contribution is 2.21. The van der Waals surface area contributed by atoms with Crippen LogP contribution in [0, 0.1) is 0 Å². The SMILES string of the molecule is COC1Cc2ccncc2C(=O)N1C. The van der Waals surface area contributed by atoms with Crippen molar-refractivity contribution in [3.63, 3.8) is 0 Å². The van der Waals surface area contributed by atoms with Gasteiger partial charge in [-0.1, -0.05) is 0 Å². The van der Waals surface area contributed by atoms with Gasteiger partial charge in [-0.05, 0) is 11.6 Å². The maximum atomic E-state index is 11.8. The number of amides is 1. The molecule has 0 aromatic carbocycles. The van der Waals surface area contributed by atoms with Gasteiger partial charge in [0.2, 0.25) is 0 Å². The molecule has 14 heavy (non-hydrogen) atoms. The van der Waals surface area contributed by atoms with Crippen molar-refractivity contribution in [3.05, 3.63) is 29.6 Å². The van der Waals surface area contributed by atoms with Crippen LogP contribution in [0.15, 0.2) is 18.5 Å². The molecule has 1 aliphatic heterocycles. The van der Waals surface area contributed by atoms with Gasteiger partial charge in [0, 0.05) is 33.0 Å². The summed E-state index contributed by atoms with van der Waals surface area (Å²) in [7, 11) is 3.35. The summed E-state index contributed by atoms with van der Waals surface area (Å²) in [5, 5.41) is 0. The molecule has 1 aliphatic rings. The topological polar surface area (TPSA) is 42.4 Å². The number of fused-ring (bicyclic) bond motifs is 1. The van der Waals surface area contributed by atoms with Crippen molar-refractivity contribution in [1.29, 1.82) is 0 Å². The van der Waals surface area contributed by atoms with E-state index in [4.69, 9.17) is 4.74 Å². The molecule has 0 saturated carbocycles. The first-order valence-corrected chi connectivity index (χ1v) is 4.47. The van der Waals surface area contributed by atoms with Crippen LogP contribution < -0.4 is 0 Å². The first-order valence-electron chi connectivity index (χ1n) is 4.47. The first kappa shape index (κ1) is 9.15. The summed E-state index contributed by atoms with van der Waals surface area (Å²) in [4.78, 5) is 17.3. The van der Waals surface area contributed by atoms with Gasteiger partial charge in [-0.2, -0.15) is 0 Å². The molecule has 2 rings (SSSR count). The summed E-state index contributed by atoms with van der Waals surface area (Å²) in [6.45, 7) is 0. The van der Waals surface area contributed by atoms with E-state index in [2.05, 4.69) is 4.98 Å². The van der Waals surface area contributed by atoms with Gasteiger partial charge in [0.15, 0.2) is 0 Å². The minimum atomic E-state index is -0.155. The number of pyridine rings is 1. The number of carbonyl (C=O) groups excluding carboxylic acids is 1. The third-order valence-corrected chi connectivity index (χ3v) is 2.56. The van der Waals surface area contributed by atoms with Crippen LogP contribution in [0.2, 0.25) is 0 Å². The molecule has 0 aliphatic carbocycles. The zero-order chi connectivity index (χ0) is 10.1. The second-order valence-corrected chi connectivity index (χ2v) is 3.34. The Bertz CT molecular complexity index is 365. The minimum absolute atomic E-state index is 0.0220. The number of hydrogen-bond donors (Lipinski definition) is 0. The molecule has 1 amide bonds. The Labute approximate surface area is 82.5 Å². The smallest absolute Gasteiger partial charge is 0.257 e. The van der Waals surface area contributed by atoms with Gasteiger partial charge in [0.1, 0.15) is 6.23 Å². The van der Waals surface area contributed by atoms with Crippen LogP contribution in [0.5, 0.6) is 0 Å². The van der Waals surface area contributed by atoms with E-state index in [1.54, 1.807) is 31.5 Å². The zero-order valence-electron chi connectivity index (χ0n) is 8.23. The second kappa shape index (κ2) is 3.38. The highest BCUT2D eigenvalue weighted by molar-refractivity contribution is 5.96. The van der Waals surface area contributed by atoms with Crippen molar-refractivity contribution >= 4 is 5.91 Å². The molecule has 0 bridgehead atoms. The van der Waals surface area contributed by atoms with E-state index in [1.807, 2.05) is 6.07 Å². The summed E-state index contributed by atoms with van der Waals surface area (Å²) >= 11 is 0. The summed E-state index contributed by atoms with van der Waals surface area (Å²) in [6, 6.07) is 1.87. The number of rotatable bonds is 1. The zero-order valence-corrected chi connectivity index (χ0v) is 8.23. The maximum absolute atomic E-state index is 11.8. The van der Waals surface area contributed by atoms with E-state index in [1.165, 1.54) is 0 Å². The lowest BCUT2D eigenvalue weighted by atomic mass is 10.0. The largest absolute Gasteiger partial charge is 0.361 e. The Balaban J connectivity index is 2.42. The van der Waals surface area contributed by atoms with Gasteiger partial charge in [-0.3, -0.25) is 9.78 Å². The van der Waals surface area contributed by atoms with Crippen LogP contribution in [-0.4, -0.2) is 36.2 Å². The number of likely N-dealkylation sites (N-methyl/N-ethyl adjacent to an activating group) is 1. The first-order chi connectivity index (χ1) is 6.74. The Hall–Kier alpha value is -1.42. The van der Waals surface area contributed by atoms with Crippen molar-refractivity contribution < 1.29 is 9.53 Å². The Morgan fingerprint density at radius 1 is 1.64 bits per heavy atom. The summed E-state index contributed by atoms with van der Waals surface area (Å²) in [6.07, 6.45) is 3.89. The van der Waals surface area contributed by atoms with Crippen LogP contribution in [0.1, 0.15) is 15.9 Å². The second-order valence-electron chi connectivity index (χ2n) is 3.34. The molecule has 0 saturated heterocycles. The lowest BCUT2D eigenvalue weighted by molar-refractivity contribution is -0.0134. The molecule has 1 unspecified atom stereocenters. The van der Waals surface area contributed by atoms with Crippen LogP contribution in [-0.2, 0) is 11.2 Å².